The zero-order valence-electron chi connectivity index (χ0n) is 12.8. The summed E-state index contributed by atoms with van der Waals surface area (Å²) in [4.78, 5) is 13.5. The molecule has 0 aliphatic rings. The second-order valence-electron chi connectivity index (χ2n) is 4.96. The molecule has 0 aliphatic heterocycles. The molecule has 0 fully saturated rings. The van der Waals surface area contributed by atoms with Gasteiger partial charge < -0.3 is 15.4 Å². The molecular formula is C17H17N3O2. The van der Waals surface area contributed by atoms with Gasteiger partial charge in [0.25, 0.3) is 5.91 Å². The van der Waals surface area contributed by atoms with Crippen LogP contribution in [-0.4, -0.2) is 27.1 Å². The van der Waals surface area contributed by atoms with E-state index in [4.69, 9.17) is 10.5 Å². The molecule has 0 aromatic heterocycles. The molecule has 2 rings (SSSR count). The highest BCUT2D eigenvalue weighted by Gasteiger charge is 2.18. The van der Waals surface area contributed by atoms with Gasteiger partial charge in [0.2, 0.25) is 0 Å². The van der Waals surface area contributed by atoms with E-state index in [1.807, 2.05) is 61.5 Å². The third-order valence-corrected chi connectivity index (χ3v) is 3.42. The number of benzene rings is 2. The molecule has 0 bridgehead atoms. The molecule has 1 amide bonds. The number of anilines is 1. The van der Waals surface area contributed by atoms with Crippen LogP contribution in [0.4, 0.5) is 5.69 Å². The molecule has 112 valence electrons. The number of nitrogens with two attached hydrogens (primary N) is 1. The number of amides is 1. The van der Waals surface area contributed by atoms with Crippen molar-refractivity contribution in [1.29, 1.82) is 5.26 Å². The Labute approximate surface area is 129 Å². The molecule has 5 nitrogen and oxygen atoms in total. The molecule has 0 saturated heterocycles. The first-order valence-corrected chi connectivity index (χ1v) is 6.68. The Morgan fingerprint density at radius 3 is 2.32 bits per heavy atom. The molecular weight excluding hydrogens is 278 g/mol. The first-order valence-electron chi connectivity index (χ1n) is 6.68. The number of nitrogens with zero attached hydrogens (tertiary/aromatic N) is 2. The quantitative estimate of drug-likeness (QED) is 0.533. The average molecular weight is 295 g/mol. The molecule has 2 aromatic carbocycles. The first kappa shape index (κ1) is 15.4. The fourth-order valence-electron chi connectivity index (χ4n) is 2.44. The minimum absolute atomic E-state index is 0.190. The molecule has 22 heavy (non-hydrogen) atoms. The van der Waals surface area contributed by atoms with Gasteiger partial charge in [0.05, 0.1) is 7.11 Å². The Balaban J connectivity index is 2.85. The highest BCUT2D eigenvalue weighted by Crippen LogP contribution is 2.33. The van der Waals surface area contributed by atoms with Crippen molar-refractivity contribution in [3.8, 4) is 6.07 Å². The number of carbonyl (C=O) groups excluding carboxylic acids is 1. The molecule has 0 heterocycles. The van der Waals surface area contributed by atoms with Gasteiger partial charge in [-0.1, -0.05) is 24.3 Å². The summed E-state index contributed by atoms with van der Waals surface area (Å²) in [5.41, 5.74) is 6.79. The number of primary amides is 1. The first-order chi connectivity index (χ1) is 10.5. The van der Waals surface area contributed by atoms with Crippen LogP contribution in [0.5, 0.6) is 0 Å². The van der Waals surface area contributed by atoms with E-state index in [2.05, 4.69) is 0 Å². The number of fused-ring (bicyclic) bond motifs is 1. The third kappa shape index (κ3) is 2.59. The highest BCUT2D eigenvalue weighted by atomic mass is 16.5. The molecule has 2 N–H and O–H groups in total. The van der Waals surface area contributed by atoms with Gasteiger partial charge in [-0.15, -0.1) is 0 Å². The van der Waals surface area contributed by atoms with E-state index in [1.54, 1.807) is 0 Å². The Hall–Kier alpha value is -3.00. The molecule has 0 saturated carbocycles. The third-order valence-electron chi connectivity index (χ3n) is 3.42. The molecule has 0 spiro atoms. The minimum atomic E-state index is -0.805. The number of ether oxygens (including phenoxy) is 1. The van der Waals surface area contributed by atoms with Crippen molar-refractivity contribution in [2.45, 2.75) is 0 Å². The van der Waals surface area contributed by atoms with Crippen LogP contribution in [0, 0.1) is 11.3 Å². The number of carbonyl (C=O) groups is 1. The molecule has 0 radical (unpaired) electrons. The summed E-state index contributed by atoms with van der Waals surface area (Å²) in [6.07, 6.45) is 0. The number of nitriles is 1. The summed E-state index contributed by atoms with van der Waals surface area (Å²) in [6.45, 7) is 0. The van der Waals surface area contributed by atoms with Gasteiger partial charge in [-0.2, -0.15) is 5.26 Å². The van der Waals surface area contributed by atoms with Gasteiger partial charge >= 0.3 is 0 Å². The molecule has 5 heteroatoms. The predicted molar refractivity (Wildman–Crippen MR) is 87.0 cm³/mol. The number of hydrogen-bond donors (Lipinski definition) is 1. The summed E-state index contributed by atoms with van der Waals surface area (Å²) in [5.74, 6) is -0.614. The largest absolute Gasteiger partial charge is 0.494 e. The van der Waals surface area contributed by atoms with E-state index in [0.29, 0.717) is 5.56 Å². The summed E-state index contributed by atoms with van der Waals surface area (Å²) in [7, 11) is 5.33. The lowest BCUT2D eigenvalue weighted by Gasteiger charge is -2.18. The second-order valence-corrected chi connectivity index (χ2v) is 4.96. The SMILES string of the molecule is CO/C(=C(\C#N)C(N)=O)c1ccc(N(C)C)c2ccccc12. The smallest absolute Gasteiger partial charge is 0.263 e. The fourth-order valence-corrected chi connectivity index (χ4v) is 2.44. The van der Waals surface area contributed by atoms with Crippen LogP contribution in [0.25, 0.3) is 16.5 Å². The minimum Gasteiger partial charge on any atom is -0.494 e. The van der Waals surface area contributed by atoms with E-state index in [-0.39, 0.29) is 11.3 Å². The zero-order valence-corrected chi connectivity index (χ0v) is 12.8. The number of rotatable bonds is 4. The lowest BCUT2D eigenvalue weighted by molar-refractivity contribution is -0.114. The molecule has 0 atom stereocenters. The van der Waals surface area contributed by atoms with E-state index < -0.39 is 5.91 Å². The maximum atomic E-state index is 11.5. The summed E-state index contributed by atoms with van der Waals surface area (Å²) >= 11 is 0. The Morgan fingerprint density at radius 2 is 1.82 bits per heavy atom. The summed E-state index contributed by atoms with van der Waals surface area (Å²) < 4.78 is 5.30. The highest BCUT2D eigenvalue weighted by molar-refractivity contribution is 6.07. The van der Waals surface area contributed by atoms with Crippen molar-refractivity contribution in [2.75, 3.05) is 26.1 Å². The Bertz CT molecular complexity index is 801. The summed E-state index contributed by atoms with van der Waals surface area (Å²) in [5, 5.41) is 11.1. The number of methoxy groups -OCH3 is 1. The van der Waals surface area contributed by atoms with Crippen LogP contribution < -0.4 is 10.6 Å². The van der Waals surface area contributed by atoms with Gasteiger partial charge in [0, 0.05) is 30.7 Å². The second kappa shape index (κ2) is 6.19. The predicted octanol–water partition coefficient (Wildman–Crippen LogP) is 2.27. The molecule has 0 aliphatic carbocycles. The van der Waals surface area contributed by atoms with Crippen molar-refractivity contribution in [3.63, 3.8) is 0 Å². The lowest BCUT2D eigenvalue weighted by atomic mass is 9.99. The van der Waals surface area contributed by atoms with Gasteiger partial charge in [-0.25, -0.2) is 0 Å². The van der Waals surface area contributed by atoms with E-state index in [0.717, 1.165) is 16.5 Å². The van der Waals surface area contributed by atoms with Crippen LogP contribution in [0.1, 0.15) is 5.56 Å². The van der Waals surface area contributed by atoms with Crippen LogP contribution in [0.15, 0.2) is 42.0 Å². The lowest BCUT2D eigenvalue weighted by Crippen LogP contribution is -2.15. The Morgan fingerprint density at radius 1 is 1.18 bits per heavy atom. The maximum Gasteiger partial charge on any atom is 0.263 e. The topological polar surface area (TPSA) is 79.3 Å². The van der Waals surface area contributed by atoms with E-state index in [1.165, 1.54) is 7.11 Å². The molecule has 2 aromatic rings. The average Bonchev–Trinajstić information content (AvgIpc) is 2.51. The van der Waals surface area contributed by atoms with Crippen LogP contribution in [0.2, 0.25) is 0 Å². The van der Waals surface area contributed by atoms with Crippen LogP contribution in [-0.2, 0) is 9.53 Å². The van der Waals surface area contributed by atoms with Crippen molar-refractivity contribution in [2.24, 2.45) is 5.73 Å². The zero-order chi connectivity index (χ0) is 16.3. The van der Waals surface area contributed by atoms with Crippen molar-refractivity contribution in [3.05, 3.63) is 47.5 Å². The Kier molecular flexibility index (Phi) is 4.33. The van der Waals surface area contributed by atoms with Gasteiger partial charge in [0.15, 0.2) is 5.57 Å². The number of hydrogen-bond acceptors (Lipinski definition) is 4. The van der Waals surface area contributed by atoms with Crippen LogP contribution >= 0.6 is 0 Å². The van der Waals surface area contributed by atoms with Gasteiger partial charge in [-0.05, 0) is 17.5 Å². The van der Waals surface area contributed by atoms with Crippen molar-refractivity contribution < 1.29 is 9.53 Å². The molecule has 0 unspecified atom stereocenters. The van der Waals surface area contributed by atoms with Gasteiger partial charge in [-0.3, -0.25) is 4.79 Å². The van der Waals surface area contributed by atoms with Crippen molar-refractivity contribution in [1.82, 2.24) is 0 Å². The van der Waals surface area contributed by atoms with Crippen LogP contribution in [0.3, 0.4) is 0 Å². The van der Waals surface area contributed by atoms with Gasteiger partial charge in [0.1, 0.15) is 11.8 Å². The van der Waals surface area contributed by atoms with E-state index >= 15 is 0 Å². The summed E-state index contributed by atoms with van der Waals surface area (Å²) in [6, 6.07) is 13.3. The fraction of sp³-hybridized carbons (Fsp3) is 0.176. The normalized spacial score (nSPS) is 11.5. The monoisotopic (exact) mass is 295 g/mol. The van der Waals surface area contributed by atoms with E-state index in [9.17, 15) is 10.1 Å². The van der Waals surface area contributed by atoms with Crippen molar-refractivity contribution >= 4 is 28.1 Å². The standard InChI is InChI=1S/C17H17N3O2/c1-20(2)15-9-8-13(11-6-4-5-7-12(11)15)16(22-3)14(10-18)17(19)21/h4-9H,1-3H3,(H2,19,21)/b16-14+. The maximum absolute atomic E-state index is 11.5.